The van der Waals surface area contributed by atoms with Crippen LogP contribution < -0.4 is 5.32 Å². The lowest BCUT2D eigenvalue weighted by Crippen LogP contribution is -2.17. The van der Waals surface area contributed by atoms with Crippen LogP contribution in [0.2, 0.25) is 0 Å². The van der Waals surface area contributed by atoms with Gasteiger partial charge in [0.25, 0.3) is 0 Å². The molecule has 1 N–H and O–H groups in total. The van der Waals surface area contributed by atoms with Crippen molar-refractivity contribution >= 4 is 11.3 Å². The second-order valence-electron chi connectivity index (χ2n) is 3.70. The lowest BCUT2D eigenvalue weighted by Gasteiger charge is -2.08. The van der Waals surface area contributed by atoms with Gasteiger partial charge in [0.1, 0.15) is 5.01 Å². The molecule has 0 aliphatic rings. The Hall–Kier alpha value is -1.20. The van der Waals surface area contributed by atoms with Crippen LogP contribution in [0.25, 0.3) is 10.7 Å². The maximum absolute atomic E-state index is 4.63. The van der Waals surface area contributed by atoms with Crippen LogP contribution in [0.15, 0.2) is 17.6 Å². The first-order valence-corrected chi connectivity index (χ1v) is 6.27. The molecule has 0 aliphatic carbocycles. The topological polar surface area (TPSA) is 42.7 Å². The van der Waals surface area contributed by atoms with Crippen LogP contribution in [0.3, 0.4) is 0 Å². The molecule has 0 amide bonds. The molecule has 0 aliphatic heterocycles. The molecule has 1 unspecified atom stereocenters. The Kier molecular flexibility index (Phi) is 3.36. The van der Waals surface area contributed by atoms with E-state index in [1.54, 1.807) is 17.5 Å². The standard InChI is InChI=1S/C11H16N4S/c1-4-12-8(2)9-7-16-11(14-9)10-5-6-13-15(10)3/h5-8,12H,4H2,1-3H3. The molecule has 86 valence electrons. The highest BCUT2D eigenvalue weighted by Gasteiger charge is 2.11. The Labute approximate surface area is 99.3 Å². The average Bonchev–Trinajstić information content (AvgIpc) is 2.86. The van der Waals surface area contributed by atoms with Gasteiger partial charge in [0.2, 0.25) is 0 Å². The summed E-state index contributed by atoms with van der Waals surface area (Å²) in [5.41, 5.74) is 2.17. The first-order valence-electron chi connectivity index (χ1n) is 5.39. The quantitative estimate of drug-likeness (QED) is 0.885. The van der Waals surface area contributed by atoms with Crippen LogP contribution in [0.4, 0.5) is 0 Å². The Morgan fingerprint density at radius 1 is 1.56 bits per heavy atom. The SMILES string of the molecule is CCNC(C)c1csc(-c2ccnn2C)n1. The first kappa shape index (κ1) is 11.3. The second-order valence-corrected chi connectivity index (χ2v) is 4.56. The molecule has 0 saturated heterocycles. The van der Waals surface area contributed by atoms with E-state index in [0.29, 0.717) is 6.04 Å². The van der Waals surface area contributed by atoms with Gasteiger partial charge in [-0.05, 0) is 19.5 Å². The summed E-state index contributed by atoms with van der Waals surface area (Å²) in [6.07, 6.45) is 1.80. The van der Waals surface area contributed by atoms with Gasteiger partial charge < -0.3 is 5.32 Å². The number of nitrogens with one attached hydrogen (secondary N) is 1. The van der Waals surface area contributed by atoms with Gasteiger partial charge in [-0.1, -0.05) is 6.92 Å². The van der Waals surface area contributed by atoms with Gasteiger partial charge in [-0.3, -0.25) is 4.68 Å². The molecule has 0 aromatic carbocycles. The summed E-state index contributed by atoms with van der Waals surface area (Å²) in [4.78, 5) is 4.63. The summed E-state index contributed by atoms with van der Waals surface area (Å²) in [7, 11) is 1.93. The van der Waals surface area contributed by atoms with E-state index in [1.807, 2.05) is 17.8 Å². The van der Waals surface area contributed by atoms with Gasteiger partial charge >= 0.3 is 0 Å². The zero-order valence-electron chi connectivity index (χ0n) is 9.77. The molecule has 0 spiro atoms. The molecular formula is C11H16N4S. The Morgan fingerprint density at radius 3 is 3.00 bits per heavy atom. The summed E-state index contributed by atoms with van der Waals surface area (Å²) >= 11 is 1.66. The van der Waals surface area contributed by atoms with Crippen molar-refractivity contribution in [3.63, 3.8) is 0 Å². The van der Waals surface area contributed by atoms with Crippen molar-refractivity contribution in [2.45, 2.75) is 19.9 Å². The van der Waals surface area contributed by atoms with Gasteiger partial charge in [-0.2, -0.15) is 5.10 Å². The molecule has 0 fully saturated rings. The smallest absolute Gasteiger partial charge is 0.141 e. The van der Waals surface area contributed by atoms with Crippen molar-refractivity contribution in [3.05, 3.63) is 23.3 Å². The van der Waals surface area contributed by atoms with Gasteiger partial charge in [0.05, 0.1) is 11.4 Å². The molecule has 2 aromatic heterocycles. The molecule has 2 aromatic rings. The summed E-state index contributed by atoms with van der Waals surface area (Å²) in [5, 5.41) is 10.6. The average molecular weight is 236 g/mol. The van der Waals surface area contributed by atoms with Crippen LogP contribution in [0, 0.1) is 0 Å². The molecule has 5 heteroatoms. The summed E-state index contributed by atoms with van der Waals surface area (Å²) < 4.78 is 1.85. The predicted octanol–water partition coefficient (Wildman–Crippen LogP) is 2.21. The van der Waals surface area contributed by atoms with Crippen LogP contribution >= 0.6 is 11.3 Å². The van der Waals surface area contributed by atoms with E-state index in [1.165, 1.54) is 0 Å². The van der Waals surface area contributed by atoms with E-state index in [-0.39, 0.29) is 0 Å². The zero-order chi connectivity index (χ0) is 11.5. The van der Waals surface area contributed by atoms with E-state index in [2.05, 4.69) is 34.6 Å². The van der Waals surface area contributed by atoms with E-state index in [9.17, 15) is 0 Å². The highest BCUT2D eigenvalue weighted by atomic mass is 32.1. The first-order chi connectivity index (χ1) is 7.72. The lowest BCUT2D eigenvalue weighted by molar-refractivity contribution is 0.586. The number of nitrogens with zero attached hydrogens (tertiary/aromatic N) is 3. The normalized spacial score (nSPS) is 12.9. The highest BCUT2D eigenvalue weighted by Crippen LogP contribution is 2.25. The highest BCUT2D eigenvalue weighted by molar-refractivity contribution is 7.13. The number of aryl methyl sites for hydroxylation is 1. The number of aromatic nitrogens is 3. The molecule has 0 saturated carbocycles. The third-order valence-corrected chi connectivity index (χ3v) is 3.40. The molecule has 4 nitrogen and oxygen atoms in total. The third kappa shape index (κ3) is 2.15. The van der Waals surface area contributed by atoms with E-state index < -0.39 is 0 Å². The van der Waals surface area contributed by atoms with Crippen LogP contribution in [-0.4, -0.2) is 21.3 Å². The summed E-state index contributed by atoms with van der Waals surface area (Å²) in [5.74, 6) is 0. The van der Waals surface area contributed by atoms with Crippen molar-refractivity contribution in [1.29, 1.82) is 0 Å². The lowest BCUT2D eigenvalue weighted by atomic mass is 10.2. The molecular weight excluding hydrogens is 220 g/mol. The molecule has 0 radical (unpaired) electrons. The maximum atomic E-state index is 4.63. The Morgan fingerprint density at radius 2 is 2.38 bits per heavy atom. The Balaban J connectivity index is 2.23. The minimum Gasteiger partial charge on any atom is -0.309 e. The van der Waals surface area contributed by atoms with Gasteiger partial charge in [0, 0.05) is 24.7 Å². The van der Waals surface area contributed by atoms with Crippen molar-refractivity contribution in [2.75, 3.05) is 6.54 Å². The molecule has 16 heavy (non-hydrogen) atoms. The number of hydrogen-bond acceptors (Lipinski definition) is 4. The summed E-state index contributed by atoms with van der Waals surface area (Å²) in [6.45, 7) is 5.19. The number of thiazole rings is 1. The fourth-order valence-electron chi connectivity index (χ4n) is 1.60. The fourth-order valence-corrected chi connectivity index (χ4v) is 2.57. The van der Waals surface area contributed by atoms with Crippen molar-refractivity contribution < 1.29 is 0 Å². The van der Waals surface area contributed by atoms with Gasteiger partial charge in [-0.15, -0.1) is 11.3 Å². The van der Waals surface area contributed by atoms with Crippen LogP contribution in [0.5, 0.6) is 0 Å². The molecule has 1 atom stereocenters. The van der Waals surface area contributed by atoms with Gasteiger partial charge in [-0.25, -0.2) is 4.98 Å². The minimum atomic E-state index is 0.309. The van der Waals surface area contributed by atoms with Crippen LogP contribution in [-0.2, 0) is 7.05 Å². The largest absolute Gasteiger partial charge is 0.309 e. The Bertz CT molecular complexity index is 460. The second kappa shape index (κ2) is 4.76. The fraction of sp³-hybridized carbons (Fsp3) is 0.455. The monoisotopic (exact) mass is 236 g/mol. The van der Waals surface area contributed by atoms with Crippen LogP contribution in [0.1, 0.15) is 25.6 Å². The number of hydrogen-bond donors (Lipinski definition) is 1. The minimum absolute atomic E-state index is 0.309. The third-order valence-electron chi connectivity index (χ3n) is 2.52. The van der Waals surface area contributed by atoms with E-state index in [4.69, 9.17) is 0 Å². The van der Waals surface area contributed by atoms with E-state index in [0.717, 1.165) is 22.9 Å². The molecule has 2 heterocycles. The summed E-state index contributed by atoms with van der Waals surface area (Å²) in [6, 6.07) is 2.30. The molecule has 2 rings (SSSR count). The van der Waals surface area contributed by atoms with Crippen molar-refractivity contribution in [1.82, 2.24) is 20.1 Å². The zero-order valence-corrected chi connectivity index (χ0v) is 10.6. The molecule has 0 bridgehead atoms. The number of rotatable bonds is 4. The van der Waals surface area contributed by atoms with Crippen molar-refractivity contribution in [3.8, 4) is 10.7 Å². The van der Waals surface area contributed by atoms with Gasteiger partial charge in [0.15, 0.2) is 0 Å². The maximum Gasteiger partial charge on any atom is 0.141 e. The van der Waals surface area contributed by atoms with Crippen molar-refractivity contribution in [2.24, 2.45) is 7.05 Å². The van der Waals surface area contributed by atoms with E-state index >= 15 is 0 Å². The predicted molar refractivity (Wildman–Crippen MR) is 66.4 cm³/mol.